The number of aromatic nitrogens is 1. The molecule has 49 heavy (non-hydrogen) atoms. The van der Waals surface area contributed by atoms with E-state index >= 15 is 0 Å². The molecule has 7 heteroatoms. The first kappa shape index (κ1) is 33.1. The number of hydrogen-bond acceptors (Lipinski definition) is 5. The zero-order valence-electron chi connectivity index (χ0n) is 27.7. The molecule has 1 aliphatic heterocycles. The Labute approximate surface area is 285 Å². The molecule has 0 fully saturated rings. The number of nitrogens with zero attached hydrogens (tertiary/aromatic N) is 2. The second kappa shape index (κ2) is 14.9. The average Bonchev–Trinajstić information content (AvgIpc) is 3.47. The highest BCUT2D eigenvalue weighted by molar-refractivity contribution is 6.12. The molecule has 7 rings (SSSR count). The smallest absolute Gasteiger partial charge is 0.338 e. The lowest BCUT2D eigenvalue weighted by atomic mass is 9.90. The summed E-state index contributed by atoms with van der Waals surface area (Å²) in [5.74, 6) is -0.579. The van der Waals surface area contributed by atoms with Crippen LogP contribution in [0.3, 0.4) is 0 Å². The van der Waals surface area contributed by atoms with Crippen LogP contribution in [0.25, 0.3) is 22.0 Å². The number of ether oxygens (including phenoxy) is 2. The molecule has 6 nitrogen and oxygen atoms in total. The van der Waals surface area contributed by atoms with Crippen molar-refractivity contribution in [3.05, 3.63) is 167 Å². The summed E-state index contributed by atoms with van der Waals surface area (Å²) in [6.45, 7) is 6.59. The van der Waals surface area contributed by atoms with E-state index in [9.17, 15) is 14.0 Å². The minimum absolute atomic E-state index is 0.213. The van der Waals surface area contributed by atoms with E-state index in [0.29, 0.717) is 22.4 Å². The number of esters is 1. The maximum absolute atomic E-state index is 14.5. The highest BCUT2D eigenvalue weighted by Crippen LogP contribution is 2.46. The van der Waals surface area contributed by atoms with Crippen molar-refractivity contribution in [3.63, 3.8) is 0 Å². The monoisotopic (exact) mass is 652 g/mol. The first-order chi connectivity index (χ1) is 24.0. The van der Waals surface area contributed by atoms with E-state index in [4.69, 9.17) is 14.5 Å². The molecule has 0 unspecified atom stereocenters. The Kier molecular flexibility index (Phi) is 10.1. The lowest BCUT2D eigenvalue weighted by Crippen LogP contribution is -2.23. The SMILES string of the molecule is CC.CCOC(=O)c1cccc(-c2c3c(c(OC(c4ccccc4)c4ccccc4)c4ncccc24)C(=O)N(Cc2ccc(F)cc2)C3)c1. The van der Waals surface area contributed by atoms with Gasteiger partial charge in [0, 0.05) is 24.7 Å². The minimum Gasteiger partial charge on any atom is -0.478 e. The van der Waals surface area contributed by atoms with Gasteiger partial charge in [0.05, 0.1) is 17.7 Å². The largest absolute Gasteiger partial charge is 0.478 e. The summed E-state index contributed by atoms with van der Waals surface area (Å²) >= 11 is 0. The van der Waals surface area contributed by atoms with Gasteiger partial charge in [0.15, 0.2) is 5.75 Å². The van der Waals surface area contributed by atoms with Crippen molar-refractivity contribution < 1.29 is 23.5 Å². The van der Waals surface area contributed by atoms with E-state index in [1.54, 1.807) is 42.3 Å². The lowest BCUT2D eigenvalue weighted by Gasteiger charge is -2.24. The third-order valence-electron chi connectivity index (χ3n) is 8.36. The molecule has 0 spiro atoms. The molecule has 1 aliphatic rings. The van der Waals surface area contributed by atoms with Crippen LogP contribution in [-0.4, -0.2) is 28.4 Å². The molecule has 0 atom stereocenters. The minimum atomic E-state index is -0.524. The van der Waals surface area contributed by atoms with Crippen LogP contribution in [0.4, 0.5) is 4.39 Å². The van der Waals surface area contributed by atoms with Gasteiger partial charge < -0.3 is 14.4 Å². The van der Waals surface area contributed by atoms with Gasteiger partial charge in [-0.3, -0.25) is 9.78 Å². The van der Waals surface area contributed by atoms with Gasteiger partial charge in [-0.25, -0.2) is 9.18 Å². The summed E-state index contributed by atoms with van der Waals surface area (Å²) in [6.07, 6.45) is 1.17. The standard InChI is InChI=1S/C40H31FN2O4.C2H6/c1-2-46-40(45)30-16-9-15-29(23-30)34-32-17-10-22-42-36(32)38(47-37(27-11-5-3-6-12-27)28-13-7-4-8-14-28)35-33(34)25-43(39(35)44)24-26-18-20-31(41)21-19-26;1-2/h3-23,37H,2,24-25H2,1H3;1-2H3. The molecule has 0 saturated carbocycles. The number of pyridine rings is 1. The molecular formula is C42H37FN2O4. The van der Waals surface area contributed by atoms with Crippen LogP contribution in [0.5, 0.6) is 5.75 Å². The van der Waals surface area contributed by atoms with Crippen LogP contribution >= 0.6 is 0 Å². The molecule has 6 aromatic rings. The summed E-state index contributed by atoms with van der Waals surface area (Å²) in [7, 11) is 0. The van der Waals surface area contributed by atoms with Gasteiger partial charge in [0.2, 0.25) is 0 Å². The number of rotatable bonds is 9. The van der Waals surface area contributed by atoms with Crippen molar-refractivity contribution in [1.82, 2.24) is 9.88 Å². The molecule has 1 aromatic heterocycles. The molecular weight excluding hydrogens is 615 g/mol. The Morgan fingerprint density at radius 2 is 1.51 bits per heavy atom. The van der Waals surface area contributed by atoms with Gasteiger partial charge in [-0.1, -0.05) is 105 Å². The molecule has 246 valence electrons. The zero-order chi connectivity index (χ0) is 34.3. The molecule has 2 heterocycles. The van der Waals surface area contributed by atoms with Crippen LogP contribution in [0.15, 0.2) is 128 Å². The Bertz CT molecular complexity index is 2040. The molecule has 0 bridgehead atoms. The fraction of sp³-hybridized carbons (Fsp3) is 0.167. The second-order valence-electron chi connectivity index (χ2n) is 11.4. The summed E-state index contributed by atoms with van der Waals surface area (Å²) in [5, 5.41) is 0.790. The van der Waals surface area contributed by atoms with Crippen molar-refractivity contribution in [3.8, 4) is 16.9 Å². The first-order valence-corrected chi connectivity index (χ1v) is 16.5. The Morgan fingerprint density at radius 3 is 2.16 bits per heavy atom. The normalized spacial score (nSPS) is 12.0. The number of carbonyl (C=O) groups excluding carboxylic acids is 2. The van der Waals surface area contributed by atoms with E-state index in [1.165, 1.54) is 12.1 Å². The van der Waals surface area contributed by atoms with Crippen LogP contribution < -0.4 is 4.74 Å². The van der Waals surface area contributed by atoms with E-state index in [0.717, 1.165) is 38.8 Å². The predicted octanol–water partition coefficient (Wildman–Crippen LogP) is 9.57. The lowest BCUT2D eigenvalue weighted by molar-refractivity contribution is 0.0526. The number of benzene rings is 5. The average molecular weight is 653 g/mol. The van der Waals surface area contributed by atoms with Gasteiger partial charge >= 0.3 is 5.97 Å². The summed E-state index contributed by atoms with van der Waals surface area (Å²) in [6, 6.07) is 37.0. The van der Waals surface area contributed by atoms with Crippen molar-refractivity contribution >= 4 is 22.8 Å². The highest BCUT2D eigenvalue weighted by atomic mass is 19.1. The third kappa shape index (κ3) is 6.79. The van der Waals surface area contributed by atoms with Gasteiger partial charge in [0.25, 0.3) is 5.91 Å². The molecule has 0 radical (unpaired) electrons. The van der Waals surface area contributed by atoms with E-state index in [-0.39, 0.29) is 31.4 Å². The Hall–Kier alpha value is -5.82. The summed E-state index contributed by atoms with van der Waals surface area (Å²) < 4.78 is 26.0. The molecule has 0 saturated heterocycles. The van der Waals surface area contributed by atoms with E-state index < -0.39 is 12.1 Å². The fourth-order valence-corrected chi connectivity index (χ4v) is 6.24. The predicted molar refractivity (Wildman–Crippen MR) is 190 cm³/mol. The van der Waals surface area contributed by atoms with Crippen molar-refractivity contribution in [2.24, 2.45) is 0 Å². The summed E-state index contributed by atoms with van der Waals surface area (Å²) in [4.78, 5) is 33.8. The van der Waals surface area contributed by atoms with Crippen molar-refractivity contribution in [2.75, 3.05) is 6.61 Å². The molecule has 0 N–H and O–H groups in total. The number of hydrogen-bond donors (Lipinski definition) is 0. The topological polar surface area (TPSA) is 68.7 Å². The van der Waals surface area contributed by atoms with Crippen molar-refractivity contribution in [1.29, 1.82) is 0 Å². The first-order valence-electron chi connectivity index (χ1n) is 16.5. The maximum atomic E-state index is 14.5. The molecule has 1 amide bonds. The second-order valence-corrected chi connectivity index (χ2v) is 11.4. The molecule has 0 aliphatic carbocycles. The quantitative estimate of drug-likeness (QED) is 0.146. The zero-order valence-corrected chi connectivity index (χ0v) is 27.7. The highest BCUT2D eigenvalue weighted by Gasteiger charge is 2.37. The van der Waals surface area contributed by atoms with Gasteiger partial charge in [-0.15, -0.1) is 0 Å². The maximum Gasteiger partial charge on any atom is 0.338 e. The number of halogens is 1. The summed E-state index contributed by atoms with van der Waals surface area (Å²) in [5.41, 5.74) is 6.36. The van der Waals surface area contributed by atoms with Crippen LogP contribution in [0.2, 0.25) is 0 Å². The van der Waals surface area contributed by atoms with Gasteiger partial charge in [-0.05, 0) is 70.6 Å². The van der Waals surface area contributed by atoms with Crippen LogP contribution in [-0.2, 0) is 17.8 Å². The van der Waals surface area contributed by atoms with E-state index in [1.807, 2.05) is 98.8 Å². The molecule has 5 aromatic carbocycles. The Balaban J connectivity index is 0.00000205. The van der Waals surface area contributed by atoms with Crippen LogP contribution in [0.1, 0.15) is 69.8 Å². The van der Waals surface area contributed by atoms with Gasteiger partial charge in [0.1, 0.15) is 17.4 Å². The van der Waals surface area contributed by atoms with Crippen molar-refractivity contribution in [2.45, 2.75) is 40.0 Å². The Morgan fingerprint density at radius 1 is 0.837 bits per heavy atom. The fourth-order valence-electron chi connectivity index (χ4n) is 6.24. The number of carbonyl (C=O) groups is 2. The van der Waals surface area contributed by atoms with E-state index in [2.05, 4.69) is 0 Å². The van der Waals surface area contributed by atoms with Gasteiger partial charge in [-0.2, -0.15) is 0 Å². The number of fused-ring (bicyclic) bond motifs is 2. The number of amides is 1. The van der Waals surface area contributed by atoms with Crippen LogP contribution in [0, 0.1) is 5.82 Å². The third-order valence-corrected chi connectivity index (χ3v) is 8.36.